The Kier molecular flexibility index (Phi) is 5.64. The lowest BCUT2D eigenvalue weighted by Crippen LogP contribution is -2.41. The molecular weight excluding hydrogens is 359 g/mol. The Balaban J connectivity index is 2.08. The summed E-state index contributed by atoms with van der Waals surface area (Å²) in [6, 6.07) is 11.4. The van der Waals surface area contributed by atoms with E-state index in [2.05, 4.69) is 10.0 Å². The first-order valence-corrected chi connectivity index (χ1v) is 8.87. The van der Waals surface area contributed by atoms with Crippen LogP contribution in [0.15, 0.2) is 53.4 Å². The third kappa shape index (κ3) is 4.68. The van der Waals surface area contributed by atoms with Gasteiger partial charge in [-0.1, -0.05) is 35.3 Å². The van der Waals surface area contributed by atoms with Gasteiger partial charge >= 0.3 is 0 Å². The van der Waals surface area contributed by atoms with Gasteiger partial charge in [0.15, 0.2) is 0 Å². The van der Waals surface area contributed by atoms with Gasteiger partial charge < -0.3 is 5.32 Å². The molecule has 2 N–H and O–H groups in total. The smallest absolute Gasteiger partial charge is 0.242 e. The topological polar surface area (TPSA) is 75.3 Å². The number of para-hydroxylation sites is 1. The van der Waals surface area contributed by atoms with Crippen molar-refractivity contribution in [1.82, 2.24) is 4.72 Å². The van der Waals surface area contributed by atoms with Crippen LogP contribution in [0.4, 0.5) is 5.69 Å². The van der Waals surface area contributed by atoms with E-state index in [-0.39, 0.29) is 4.90 Å². The molecule has 0 fully saturated rings. The summed E-state index contributed by atoms with van der Waals surface area (Å²) < 4.78 is 26.7. The Hall–Kier alpha value is -1.60. The zero-order valence-corrected chi connectivity index (χ0v) is 14.4. The second kappa shape index (κ2) is 7.31. The van der Waals surface area contributed by atoms with Gasteiger partial charge in [-0.15, -0.1) is 0 Å². The number of sulfonamides is 1. The van der Waals surface area contributed by atoms with Crippen LogP contribution in [0.2, 0.25) is 10.0 Å². The Morgan fingerprint density at radius 3 is 2.26 bits per heavy atom. The van der Waals surface area contributed by atoms with Crippen molar-refractivity contribution in [3.63, 3.8) is 0 Å². The Bertz CT molecular complexity index is 808. The first-order chi connectivity index (χ1) is 10.8. The normalized spacial score (nSPS) is 12.7. The number of nitrogens with one attached hydrogen (secondary N) is 2. The monoisotopic (exact) mass is 372 g/mol. The maximum absolute atomic E-state index is 12.2. The minimum Gasteiger partial charge on any atom is -0.323 e. The number of anilines is 1. The van der Waals surface area contributed by atoms with Crippen LogP contribution >= 0.6 is 23.2 Å². The van der Waals surface area contributed by atoms with E-state index in [9.17, 15) is 13.2 Å². The van der Waals surface area contributed by atoms with Gasteiger partial charge in [0.25, 0.3) is 0 Å². The van der Waals surface area contributed by atoms with E-state index in [0.29, 0.717) is 15.7 Å². The number of hydrogen-bond acceptors (Lipinski definition) is 3. The van der Waals surface area contributed by atoms with Crippen LogP contribution in [0.3, 0.4) is 0 Å². The van der Waals surface area contributed by atoms with Gasteiger partial charge in [0, 0.05) is 5.02 Å². The molecule has 0 bridgehead atoms. The minimum absolute atomic E-state index is 0.0271. The molecule has 1 amide bonds. The number of carbonyl (C=O) groups excluding carboxylic acids is 1. The van der Waals surface area contributed by atoms with Gasteiger partial charge in [0.05, 0.1) is 21.6 Å². The maximum atomic E-state index is 12.2. The molecule has 2 aromatic carbocycles. The molecule has 8 heteroatoms. The third-order valence-electron chi connectivity index (χ3n) is 2.98. The zero-order valence-electron chi connectivity index (χ0n) is 12.1. The van der Waals surface area contributed by atoms with Crippen LogP contribution in [-0.2, 0) is 14.8 Å². The first kappa shape index (κ1) is 17.7. The van der Waals surface area contributed by atoms with Crippen molar-refractivity contribution < 1.29 is 13.2 Å². The molecule has 2 rings (SSSR count). The SMILES string of the molecule is C[C@H](NS(=O)(=O)c1ccc(Cl)cc1)C(=O)Nc1ccccc1Cl. The molecule has 0 aliphatic carbocycles. The summed E-state index contributed by atoms with van der Waals surface area (Å²) in [5, 5.41) is 3.37. The summed E-state index contributed by atoms with van der Waals surface area (Å²) in [7, 11) is -3.83. The maximum Gasteiger partial charge on any atom is 0.242 e. The van der Waals surface area contributed by atoms with Crippen molar-refractivity contribution in [2.24, 2.45) is 0 Å². The number of halogens is 2. The quantitative estimate of drug-likeness (QED) is 0.845. The number of hydrogen-bond donors (Lipinski definition) is 2. The average molecular weight is 373 g/mol. The Morgan fingerprint density at radius 1 is 1.04 bits per heavy atom. The molecule has 0 aliphatic rings. The predicted molar refractivity (Wildman–Crippen MR) is 91.3 cm³/mol. The molecule has 23 heavy (non-hydrogen) atoms. The third-order valence-corrected chi connectivity index (χ3v) is 5.12. The van der Waals surface area contributed by atoms with E-state index in [1.54, 1.807) is 24.3 Å². The molecule has 1 atom stereocenters. The standard InChI is InChI=1S/C15H14Cl2N2O3S/c1-10(15(20)18-14-5-3-2-4-13(14)17)19-23(21,22)12-8-6-11(16)7-9-12/h2-10,19H,1H3,(H,18,20)/t10-/m0/s1. The number of amides is 1. The van der Waals surface area contributed by atoms with Crippen molar-refractivity contribution in [2.45, 2.75) is 17.9 Å². The summed E-state index contributed by atoms with van der Waals surface area (Å²) in [5.74, 6) is -0.518. The van der Waals surface area contributed by atoms with Crippen LogP contribution in [0.25, 0.3) is 0 Å². The highest BCUT2D eigenvalue weighted by molar-refractivity contribution is 7.89. The average Bonchev–Trinajstić information content (AvgIpc) is 2.49. The molecule has 0 heterocycles. The Morgan fingerprint density at radius 2 is 1.65 bits per heavy atom. The summed E-state index contributed by atoms with van der Waals surface area (Å²) in [6.07, 6.45) is 0. The van der Waals surface area contributed by atoms with Crippen LogP contribution in [0, 0.1) is 0 Å². The fraction of sp³-hybridized carbons (Fsp3) is 0.133. The molecule has 2 aromatic rings. The largest absolute Gasteiger partial charge is 0.323 e. The van der Waals surface area contributed by atoms with E-state index in [0.717, 1.165) is 0 Å². The van der Waals surface area contributed by atoms with Crippen molar-refractivity contribution in [1.29, 1.82) is 0 Å². The number of carbonyl (C=O) groups is 1. The van der Waals surface area contributed by atoms with E-state index < -0.39 is 22.0 Å². The molecule has 122 valence electrons. The molecule has 5 nitrogen and oxygen atoms in total. The second-order valence-electron chi connectivity index (χ2n) is 4.77. The Labute approximate surface area is 144 Å². The predicted octanol–water partition coefficient (Wildman–Crippen LogP) is 3.30. The zero-order chi connectivity index (χ0) is 17.0. The lowest BCUT2D eigenvalue weighted by Gasteiger charge is -2.15. The molecule has 0 aliphatic heterocycles. The van der Waals surface area contributed by atoms with Gasteiger partial charge in [0.1, 0.15) is 0 Å². The fourth-order valence-electron chi connectivity index (χ4n) is 1.77. The molecule has 0 aromatic heterocycles. The van der Waals surface area contributed by atoms with E-state index in [4.69, 9.17) is 23.2 Å². The van der Waals surface area contributed by atoms with E-state index >= 15 is 0 Å². The molecule has 0 saturated heterocycles. The van der Waals surface area contributed by atoms with Gasteiger partial charge in [-0.2, -0.15) is 4.72 Å². The van der Waals surface area contributed by atoms with Crippen molar-refractivity contribution >= 4 is 44.8 Å². The molecular formula is C15H14Cl2N2O3S. The molecule has 0 unspecified atom stereocenters. The lowest BCUT2D eigenvalue weighted by atomic mass is 10.3. The fourth-order valence-corrected chi connectivity index (χ4v) is 3.28. The van der Waals surface area contributed by atoms with Crippen LogP contribution in [-0.4, -0.2) is 20.4 Å². The molecule has 0 saturated carbocycles. The summed E-state index contributed by atoms with van der Waals surface area (Å²) in [4.78, 5) is 12.1. The van der Waals surface area contributed by atoms with Crippen LogP contribution < -0.4 is 10.0 Å². The molecule has 0 radical (unpaired) electrons. The van der Waals surface area contributed by atoms with Crippen molar-refractivity contribution in [2.75, 3.05) is 5.32 Å². The highest BCUT2D eigenvalue weighted by atomic mass is 35.5. The first-order valence-electron chi connectivity index (χ1n) is 6.63. The van der Waals surface area contributed by atoms with E-state index in [1.807, 2.05) is 0 Å². The van der Waals surface area contributed by atoms with Crippen molar-refractivity contribution in [3.8, 4) is 0 Å². The minimum atomic E-state index is -3.83. The molecule has 0 spiro atoms. The summed E-state index contributed by atoms with van der Waals surface area (Å²) >= 11 is 11.7. The van der Waals surface area contributed by atoms with Gasteiger partial charge in [0.2, 0.25) is 15.9 Å². The van der Waals surface area contributed by atoms with Crippen LogP contribution in [0.5, 0.6) is 0 Å². The highest BCUT2D eigenvalue weighted by Gasteiger charge is 2.22. The number of benzene rings is 2. The van der Waals surface area contributed by atoms with E-state index in [1.165, 1.54) is 31.2 Å². The second-order valence-corrected chi connectivity index (χ2v) is 7.32. The van der Waals surface area contributed by atoms with Gasteiger partial charge in [-0.3, -0.25) is 4.79 Å². The highest BCUT2D eigenvalue weighted by Crippen LogP contribution is 2.20. The summed E-state index contributed by atoms with van der Waals surface area (Å²) in [5.41, 5.74) is 0.414. The number of rotatable bonds is 5. The van der Waals surface area contributed by atoms with Gasteiger partial charge in [-0.05, 0) is 43.3 Å². The lowest BCUT2D eigenvalue weighted by molar-refractivity contribution is -0.117. The van der Waals surface area contributed by atoms with Crippen molar-refractivity contribution in [3.05, 3.63) is 58.6 Å². The summed E-state index contributed by atoms with van der Waals surface area (Å²) in [6.45, 7) is 1.44. The van der Waals surface area contributed by atoms with Gasteiger partial charge in [-0.25, -0.2) is 8.42 Å². The van der Waals surface area contributed by atoms with Crippen LogP contribution in [0.1, 0.15) is 6.92 Å².